The number of likely N-dealkylation sites (N-methyl/N-ethyl adjacent to an activating group) is 1. The van der Waals surface area contributed by atoms with Gasteiger partial charge in [-0.05, 0) is 26.1 Å². The highest BCUT2D eigenvalue weighted by Crippen LogP contribution is 2.27. The summed E-state index contributed by atoms with van der Waals surface area (Å²) < 4.78 is 5.40. The molecular formula is C18H30N4O3. The molecule has 0 saturated carbocycles. The molecule has 0 aliphatic heterocycles. The van der Waals surface area contributed by atoms with E-state index in [9.17, 15) is 9.59 Å². The van der Waals surface area contributed by atoms with Crippen LogP contribution in [0.2, 0.25) is 0 Å². The maximum Gasteiger partial charge on any atom is 0.239 e. The van der Waals surface area contributed by atoms with E-state index in [0.29, 0.717) is 6.54 Å². The zero-order valence-electron chi connectivity index (χ0n) is 15.7. The number of amides is 2. The van der Waals surface area contributed by atoms with Crippen LogP contribution < -0.4 is 21.1 Å². The van der Waals surface area contributed by atoms with Gasteiger partial charge >= 0.3 is 0 Å². The minimum atomic E-state index is -0.615. The summed E-state index contributed by atoms with van der Waals surface area (Å²) in [5.41, 5.74) is 6.74. The fourth-order valence-electron chi connectivity index (χ4n) is 2.37. The summed E-state index contributed by atoms with van der Waals surface area (Å²) in [6.07, 6.45) is 0. The van der Waals surface area contributed by atoms with Gasteiger partial charge in [-0.2, -0.15) is 0 Å². The third-order valence-electron chi connectivity index (χ3n) is 4.06. The highest BCUT2D eigenvalue weighted by molar-refractivity contribution is 5.87. The first kappa shape index (κ1) is 20.9. The van der Waals surface area contributed by atoms with Crippen LogP contribution in [0, 0.1) is 5.92 Å². The van der Waals surface area contributed by atoms with Crippen molar-refractivity contribution in [2.75, 3.05) is 34.3 Å². The predicted molar refractivity (Wildman–Crippen MR) is 98.3 cm³/mol. The number of nitrogens with zero attached hydrogens (tertiary/aromatic N) is 1. The summed E-state index contributed by atoms with van der Waals surface area (Å²) in [5.74, 6) is 0.212. The molecule has 0 aliphatic carbocycles. The van der Waals surface area contributed by atoms with E-state index in [0.717, 1.165) is 11.3 Å². The molecule has 2 amide bonds. The van der Waals surface area contributed by atoms with Crippen molar-refractivity contribution in [3.05, 3.63) is 29.8 Å². The Balaban J connectivity index is 2.61. The van der Waals surface area contributed by atoms with E-state index in [-0.39, 0.29) is 30.3 Å². The van der Waals surface area contributed by atoms with Crippen molar-refractivity contribution in [3.8, 4) is 5.75 Å². The van der Waals surface area contributed by atoms with Crippen LogP contribution in [0.25, 0.3) is 0 Å². The molecular weight excluding hydrogens is 320 g/mol. The standard InChI is InChI=1S/C18H30N4O3/c1-12(2)17(19)18(24)21-11-16(23)20-10-14(22(3)4)13-8-6-7-9-15(13)25-5/h6-9,12,14,17H,10-11,19H2,1-5H3,(H,20,23)(H,21,24)/t14?,17-/m0/s1. The largest absolute Gasteiger partial charge is 0.496 e. The number of hydrogen-bond donors (Lipinski definition) is 3. The van der Waals surface area contributed by atoms with Crippen LogP contribution in [-0.2, 0) is 9.59 Å². The first-order chi connectivity index (χ1) is 11.8. The van der Waals surface area contributed by atoms with Crippen molar-refractivity contribution in [2.45, 2.75) is 25.9 Å². The second-order valence-corrected chi connectivity index (χ2v) is 6.51. The Morgan fingerprint density at radius 3 is 2.40 bits per heavy atom. The molecule has 1 aromatic rings. The quantitative estimate of drug-likeness (QED) is 0.603. The van der Waals surface area contributed by atoms with Gasteiger partial charge in [-0.15, -0.1) is 0 Å². The summed E-state index contributed by atoms with van der Waals surface area (Å²) in [6, 6.07) is 7.04. The summed E-state index contributed by atoms with van der Waals surface area (Å²) in [6.45, 7) is 4.03. The molecule has 0 spiro atoms. The Morgan fingerprint density at radius 1 is 1.20 bits per heavy atom. The fraction of sp³-hybridized carbons (Fsp3) is 0.556. The Hall–Kier alpha value is -2.12. The highest BCUT2D eigenvalue weighted by atomic mass is 16.5. The third kappa shape index (κ3) is 6.36. The van der Waals surface area contributed by atoms with E-state index in [1.165, 1.54) is 0 Å². The fourth-order valence-corrected chi connectivity index (χ4v) is 2.37. The Kier molecular flexibility index (Phi) is 8.37. The van der Waals surface area contributed by atoms with Crippen molar-refractivity contribution < 1.29 is 14.3 Å². The maximum absolute atomic E-state index is 12.0. The number of nitrogens with one attached hydrogen (secondary N) is 2. The number of nitrogens with two attached hydrogens (primary N) is 1. The second kappa shape index (κ2) is 10.0. The van der Waals surface area contributed by atoms with Crippen molar-refractivity contribution >= 4 is 11.8 Å². The van der Waals surface area contributed by atoms with Gasteiger partial charge in [0.05, 0.1) is 25.7 Å². The normalized spacial score (nSPS) is 13.4. The molecule has 0 bridgehead atoms. The van der Waals surface area contributed by atoms with Crippen LogP contribution in [0.4, 0.5) is 0 Å². The smallest absolute Gasteiger partial charge is 0.239 e. The summed E-state index contributed by atoms with van der Waals surface area (Å²) in [5, 5.41) is 5.41. The molecule has 4 N–H and O–H groups in total. The van der Waals surface area contributed by atoms with E-state index < -0.39 is 6.04 Å². The van der Waals surface area contributed by atoms with Crippen molar-refractivity contribution in [1.29, 1.82) is 0 Å². The van der Waals surface area contributed by atoms with Gasteiger partial charge in [-0.1, -0.05) is 32.0 Å². The van der Waals surface area contributed by atoms with Gasteiger partial charge in [0.15, 0.2) is 0 Å². The van der Waals surface area contributed by atoms with E-state index in [1.807, 2.05) is 57.1 Å². The number of para-hydroxylation sites is 1. The van der Waals surface area contributed by atoms with Gasteiger partial charge in [0.1, 0.15) is 5.75 Å². The van der Waals surface area contributed by atoms with E-state index in [1.54, 1.807) is 7.11 Å². The Labute approximate surface area is 149 Å². The molecule has 0 radical (unpaired) electrons. The summed E-state index contributed by atoms with van der Waals surface area (Å²) in [4.78, 5) is 25.8. The molecule has 7 nitrogen and oxygen atoms in total. The molecule has 2 atom stereocenters. The average Bonchev–Trinajstić information content (AvgIpc) is 2.59. The first-order valence-electron chi connectivity index (χ1n) is 8.37. The van der Waals surface area contributed by atoms with Crippen LogP contribution in [-0.4, -0.2) is 57.1 Å². The number of carbonyl (C=O) groups excluding carboxylic acids is 2. The van der Waals surface area contributed by atoms with Crippen LogP contribution in [0.3, 0.4) is 0 Å². The molecule has 0 saturated heterocycles. The van der Waals surface area contributed by atoms with Crippen LogP contribution in [0.5, 0.6) is 5.75 Å². The second-order valence-electron chi connectivity index (χ2n) is 6.51. The van der Waals surface area contributed by atoms with Gasteiger partial charge in [0.2, 0.25) is 11.8 Å². The lowest BCUT2D eigenvalue weighted by molar-refractivity contribution is -0.127. The maximum atomic E-state index is 12.0. The highest BCUT2D eigenvalue weighted by Gasteiger charge is 2.20. The number of hydrogen-bond acceptors (Lipinski definition) is 5. The van der Waals surface area contributed by atoms with Crippen molar-refractivity contribution in [3.63, 3.8) is 0 Å². The van der Waals surface area contributed by atoms with E-state index in [2.05, 4.69) is 10.6 Å². The number of benzene rings is 1. The van der Waals surface area contributed by atoms with E-state index >= 15 is 0 Å². The molecule has 0 fully saturated rings. The zero-order valence-corrected chi connectivity index (χ0v) is 15.7. The topological polar surface area (TPSA) is 96.7 Å². The molecule has 1 aromatic carbocycles. The van der Waals surface area contributed by atoms with Crippen LogP contribution >= 0.6 is 0 Å². The molecule has 7 heteroatoms. The molecule has 0 aliphatic rings. The monoisotopic (exact) mass is 350 g/mol. The Morgan fingerprint density at radius 2 is 1.84 bits per heavy atom. The number of rotatable bonds is 9. The summed E-state index contributed by atoms with van der Waals surface area (Å²) in [7, 11) is 5.50. The van der Waals surface area contributed by atoms with E-state index in [4.69, 9.17) is 10.5 Å². The average molecular weight is 350 g/mol. The summed E-state index contributed by atoms with van der Waals surface area (Å²) >= 11 is 0. The molecule has 0 aromatic heterocycles. The van der Waals surface area contributed by atoms with Crippen LogP contribution in [0.15, 0.2) is 24.3 Å². The van der Waals surface area contributed by atoms with Gasteiger partial charge < -0.3 is 26.0 Å². The number of methoxy groups -OCH3 is 1. The lowest BCUT2D eigenvalue weighted by atomic mass is 10.0. The SMILES string of the molecule is COc1ccccc1C(CNC(=O)CNC(=O)[C@@H](N)C(C)C)N(C)C. The third-order valence-corrected chi connectivity index (χ3v) is 4.06. The number of ether oxygens (including phenoxy) is 1. The number of carbonyl (C=O) groups is 2. The Bertz CT molecular complexity index is 575. The molecule has 0 heterocycles. The lowest BCUT2D eigenvalue weighted by Gasteiger charge is -2.26. The van der Waals surface area contributed by atoms with Crippen LogP contribution in [0.1, 0.15) is 25.5 Å². The van der Waals surface area contributed by atoms with Gasteiger partial charge in [0, 0.05) is 12.1 Å². The molecule has 1 unspecified atom stereocenters. The zero-order chi connectivity index (χ0) is 19.0. The molecule has 1 rings (SSSR count). The van der Waals surface area contributed by atoms with Gasteiger partial charge in [-0.25, -0.2) is 0 Å². The lowest BCUT2D eigenvalue weighted by Crippen LogP contribution is -2.47. The minimum Gasteiger partial charge on any atom is -0.496 e. The van der Waals surface area contributed by atoms with Gasteiger partial charge in [-0.3, -0.25) is 9.59 Å². The molecule has 25 heavy (non-hydrogen) atoms. The molecule has 140 valence electrons. The van der Waals surface area contributed by atoms with Gasteiger partial charge in [0.25, 0.3) is 0 Å². The minimum absolute atomic E-state index is 0.0201. The predicted octanol–water partition coefficient (Wildman–Crippen LogP) is 0.514. The van der Waals surface area contributed by atoms with Crippen molar-refractivity contribution in [1.82, 2.24) is 15.5 Å². The first-order valence-corrected chi connectivity index (χ1v) is 8.37. The van der Waals surface area contributed by atoms with Crippen molar-refractivity contribution in [2.24, 2.45) is 11.7 Å².